The molecule has 0 aromatic heterocycles. The molecule has 0 aliphatic heterocycles. The molecule has 0 spiro atoms. The molecule has 1 aromatic rings. The molecule has 0 radical (unpaired) electrons. The van der Waals surface area contributed by atoms with Gasteiger partial charge >= 0.3 is 0 Å². The van der Waals surface area contributed by atoms with Crippen LogP contribution in [-0.4, -0.2) is 13.1 Å². The molecule has 0 bridgehead atoms. The zero-order chi connectivity index (χ0) is 13.5. The van der Waals surface area contributed by atoms with Crippen molar-refractivity contribution >= 4 is 0 Å². The van der Waals surface area contributed by atoms with Crippen molar-refractivity contribution in [3.8, 4) is 0 Å². The van der Waals surface area contributed by atoms with Crippen molar-refractivity contribution in [3.05, 3.63) is 35.9 Å². The highest BCUT2D eigenvalue weighted by molar-refractivity contribution is 5.18. The standard InChI is InChI=1S/C18H29N/c1-15-7-6-8-17(13-15)11-12-19-14-16(2)18-9-4-3-5-10-18/h3-5,9-10,15-17,19H,6-8,11-14H2,1-2H3. The third kappa shape index (κ3) is 4.99. The second kappa shape index (κ2) is 7.69. The van der Waals surface area contributed by atoms with Crippen LogP contribution in [-0.2, 0) is 0 Å². The molecule has 19 heavy (non-hydrogen) atoms. The van der Waals surface area contributed by atoms with Crippen LogP contribution in [0.1, 0.15) is 57.4 Å². The third-order valence-electron chi connectivity index (χ3n) is 4.59. The molecule has 1 fully saturated rings. The maximum absolute atomic E-state index is 3.65. The lowest BCUT2D eigenvalue weighted by atomic mass is 9.81. The molecular weight excluding hydrogens is 230 g/mol. The Morgan fingerprint density at radius 2 is 2.00 bits per heavy atom. The maximum Gasteiger partial charge on any atom is 0.00174 e. The minimum absolute atomic E-state index is 0.617. The summed E-state index contributed by atoms with van der Waals surface area (Å²) in [6, 6.07) is 10.8. The van der Waals surface area contributed by atoms with Crippen LogP contribution < -0.4 is 5.32 Å². The fourth-order valence-electron chi connectivity index (χ4n) is 3.35. The lowest BCUT2D eigenvalue weighted by Crippen LogP contribution is -2.24. The first-order valence-corrected chi connectivity index (χ1v) is 8.01. The van der Waals surface area contributed by atoms with E-state index >= 15 is 0 Å². The van der Waals surface area contributed by atoms with Gasteiger partial charge in [0, 0.05) is 6.54 Å². The summed E-state index contributed by atoms with van der Waals surface area (Å²) in [5.74, 6) is 2.55. The molecule has 106 valence electrons. The first kappa shape index (κ1) is 14.6. The highest BCUT2D eigenvalue weighted by atomic mass is 14.9. The van der Waals surface area contributed by atoms with Gasteiger partial charge < -0.3 is 5.32 Å². The third-order valence-corrected chi connectivity index (χ3v) is 4.59. The van der Waals surface area contributed by atoms with E-state index in [4.69, 9.17) is 0 Å². The van der Waals surface area contributed by atoms with Gasteiger partial charge in [-0.1, -0.05) is 63.4 Å². The number of hydrogen-bond acceptors (Lipinski definition) is 1. The summed E-state index contributed by atoms with van der Waals surface area (Å²) in [5.41, 5.74) is 1.45. The van der Waals surface area contributed by atoms with Gasteiger partial charge in [0.1, 0.15) is 0 Å². The number of benzene rings is 1. The molecule has 0 heterocycles. The van der Waals surface area contributed by atoms with Crippen LogP contribution in [0.4, 0.5) is 0 Å². The summed E-state index contributed by atoms with van der Waals surface area (Å²) >= 11 is 0. The van der Waals surface area contributed by atoms with Gasteiger partial charge in [-0.15, -0.1) is 0 Å². The van der Waals surface area contributed by atoms with Crippen molar-refractivity contribution in [1.29, 1.82) is 0 Å². The van der Waals surface area contributed by atoms with Gasteiger partial charge in [0.15, 0.2) is 0 Å². The molecule has 1 aromatic carbocycles. The van der Waals surface area contributed by atoms with E-state index in [9.17, 15) is 0 Å². The Labute approximate surface area is 118 Å². The topological polar surface area (TPSA) is 12.0 Å². The summed E-state index contributed by atoms with van der Waals surface area (Å²) in [4.78, 5) is 0. The maximum atomic E-state index is 3.65. The molecule has 1 nitrogen and oxygen atoms in total. The second-order valence-electron chi connectivity index (χ2n) is 6.44. The Morgan fingerprint density at radius 3 is 2.74 bits per heavy atom. The Kier molecular flexibility index (Phi) is 5.91. The van der Waals surface area contributed by atoms with Crippen molar-refractivity contribution in [1.82, 2.24) is 5.32 Å². The van der Waals surface area contributed by atoms with Crippen molar-refractivity contribution in [2.24, 2.45) is 11.8 Å². The molecule has 3 unspecified atom stereocenters. The van der Waals surface area contributed by atoms with E-state index in [1.165, 1.54) is 44.2 Å². The molecule has 0 amide bonds. The van der Waals surface area contributed by atoms with Gasteiger partial charge in [0.2, 0.25) is 0 Å². The highest BCUT2D eigenvalue weighted by Gasteiger charge is 2.18. The molecule has 1 N–H and O–H groups in total. The van der Waals surface area contributed by atoms with Crippen LogP contribution in [0.15, 0.2) is 30.3 Å². The summed E-state index contributed by atoms with van der Waals surface area (Å²) in [6.07, 6.45) is 7.18. The predicted molar refractivity (Wildman–Crippen MR) is 83.5 cm³/mol. The largest absolute Gasteiger partial charge is 0.316 e. The average molecular weight is 259 g/mol. The average Bonchev–Trinajstić information content (AvgIpc) is 2.44. The number of hydrogen-bond donors (Lipinski definition) is 1. The van der Waals surface area contributed by atoms with Gasteiger partial charge in [0.25, 0.3) is 0 Å². The van der Waals surface area contributed by atoms with Crippen LogP contribution in [0, 0.1) is 11.8 Å². The zero-order valence-electron chi connectivity index (χ0n) is 12.6. The van der Waals surface area contributed by atoms with Crippen molar-refractivity contribution in [2.45, 2.75) is 51.9 Å². The minimum Gasteiger partial charge on any atom is -0.316 e. The molecule has 1 aliphatic rings. The van der Waals surface area contributed by atoms with Crippen LogP contribution in [0.2, 0.25) is 0 Å². The molecule has 1 heteroatoms. The second-order valence-corrected chi connectivity index (χ2v) is 6.44. The lowest BCUT2D eigenvalue weighted by Gasteiger charge is -2.26. The van der Waals surface area contributed by atoms with Crippen LogP contribution in [0.3, 0.4) is 0 Å². The van der Waals surface area contributed by atoms with E-state index in [0.717, 1.165) is 18.4 Å². The molecule has 1 saturated carbocycles. The smallest absolute Gasteiger partial charge is 0.00174 e. The summed E-state index contributed by atoms with van der Waals surface area (Å²) in [7, 11) is 0. The van der Waals surface area contributed by atoms with Gasteiger partial charge in [0.05, 0.1) is 0 Å². The summed E-state index contributed by atoms with van der Waals surface area (Å²) in [6.45, 7) is 7.02. The first-order valence-electron chi connectivity index (χ1n) is 8.01. The highest BCUT2D eigenvalue weighted by Crippen LogP contribution is 2.30. The molecular formula is C18H29N. The Morgan fingerprint density at radius 1 is 1.21 bits per heavy atom. The van der Waals surface area contributed by atoms with E-state index in [1.54, 1.807) is 0 Å². The zero-order valence-corrected chi connectivity index (χ0v) is 12.6. The van der Waals surface area contributed by atoms with Gasteiger partial charge in [-0.25, -0.2) is 0 Å². The van der Waals surface area contributed by atoms with Crippen LogP contribution in [0.5, 0.6) is 0 Å². The van der Waals surface area contributed by atoms with Gasteiger partial charge in [-0.2, -0.15) is 0 Å². The Bertz CT molecular complexity index is 346. The summed E-state index contributed by atoms with van der Waals surface area (Å²) < 4.78 is 0. The lowest BCUT2D eigenvalue weighted by molar-refractivity contribution is 0.267. The molecule has 1 aliphatic carbocycles. The SMILES string of the molecule is CC1CCCC(CCNCC(C)c2ccccc2)C1. The molecule has 0 saturated heterocycles. The van der Waals surface area contributed by atoms with E-state index < -0.39 is 0 Å². The quantitative estimate of drug-likeness (QED) is 0.736. The number of nitrogens with one attached hydrogen (secondary N) is 1. The van der Waals surface area contributed by atoms with E-state index in [1.807, 2.05) is 0 Å². The van der Waals surface area contributed by atoms with Gasteiger partial charge in [-0.05, 0) is 42.7 Å². The van der Waals surface area contributed by atoms with Crippen molar-refractivity contribution < 1.29 is 0 Å². The van der Waals surface area contributed by atoms with E-state index in [0.29, 0.717) is 5.92 Å². The van der Waals surface area contributed by atoms with E-state index in [-0.39, 0.29) is 0 Å². The van der Waals surface area contributed by atoms with E-state index in [2.05, 4.69) is 49.5 Å². The van der Waals surface area contributed by atoms with Crippen molar-refractivity contribution in [3.63, 3.8) is 0 Å². The predicted octanol–water partition coefficient (Wildman–Crippen LogP) is 4.60. The minimum atomic E-state index is 0.617. The van der Waals surface area contributed by atoms with Crippen LogP contribution in [0.25, 0.3) is 0 Å². The Balaban J connectivity index is 1.61. The monoisotopic (exact) mass is 259 g/mol. The molecule has 3 atom stereocenters. The first-order chi connectivity index (χ1) is 9.25. The Hall–Kier alpha value is -0.820. The fourth-order valence-corrected chi connectivity index (χ4v) is 3.35. The number of rotatable bonds is 6. The molecule has 2 rings (SSSR count). The normalized spacial score (nSPS) is 25.2. The van der Waals surface area contributed by atoms with Crippen LogP contribution >= 0.6 is 0 Å². The van der Waals surface area contributed by atoms with Gasteiger partial charge in [-0.3, -0.25) is 0 Å². The van der Waals surface area contributed by atoms with Crippen molar-refractivity contribution in [2.75, 3.05) is 13.1 Å². The fraction of sp³-hybridized carbons (Fsp3) is 0.667. The summed E-state index contributed by atoms with van der Waals surface area (Å²) in [5, 5.41) is 3.65.